The van der Waals surface area contributed by atoms with Crippen molar-refractivity contribution in [3.05, 3.63) is 63.7 Å². The van der Waals surface area contributed by atoms with Gasteiger partial charge in [-0.2, -0.15) is 0 Å². The van der Waals surface area contributed by atoms with Crippen LogP contribution in [-0.2, 0) is 0 Å². The molecular formula is C19H19ClFN5O2. The van der Waals surface area contributed by atoms with Crippen LogP contribution in [0.5, 0.6) is 0 Å². The Kier molecular flexibility index (Phi) is 5.91. The van der Waals surface area contributed by atoms with Gasteiger partial charge in [-0.15, -0.1) is 0 Å². The Labute approximate surface area is 165 Å². The van der Waals surface area contributed by atoms with Gasteiger partial charge >= 0.3 is 6.03 Å². The van der Waals surface area contributed by atoms with Gasteiger partial charge in [0.2, 0.25) is 0 Å². The van der Waals surface area contributed by atoms with Crippen LogP contribution in [0.15, 0.2) is 47.3 Å². The van der Waals surface area contributed by atoms with E-state index in [1.54, 1.807) is 49.4 Å². The van der Waals surface area contributed by atoms with E-state index in [-0.39, 0.29) is 17.5 Å². The summed E-state index contributed by atoms with van der Waals surface area (Å²) in [5.74, 6) is 0.360. The normalized spacial score (nSPS) is 12.0. The van der Waals surface area contributed by atoms with Gasteiger partial charge in [0.1, 0.15) is 12.5 Å². The number of carbonyl (C=O) groups is 1. The third kappa shape index (κ3) is 3.97. The monoisotopic (exact) mass is 403 g/mol. The highest BCUT2D eigenvalue weighted by Crippen LogP contribution is 2.23. The summed E-state index contributed by atoms with van der Waals surface area (Å²) in [6, 6.07) is 10.6. The lowest BCUT2D eigenvalue weighted by molar-refractivity contribution is 0.251. The zero-order chi connectivity index (χ0) is 20.3. The second kappa shape index (κ2) is 8.37. The van der Waals surface area contributed by atoms with E-state index in [9.17, 15) is 14.0 Å². The van der Waals surface area contributed by atoms with Gasteiger partial charge in [-0.3, -0.25) is 9.36 Å². The Balaban J connectivity index is 2.13. The van der Waals surface area contributed by atoms with E-state index in [1.165, 1.54) is 4.57 Å². The summed E-state index contributed by atoms with van der Waals surface area (Å²) in [4.78, 5) is 29.5. The van der Waals surface area contributed by atoms with Gasteiger partial charge in [-0.25, -0.2) is 14.2 Å². The Morgan fingerprint density at radius 1 is 1.32 bits per heavy atom. The molecule has 2 aromatic carbocycles. The zero-order valence-corrected chi connectivity index (χ0v) is 15.8. The molecule has 3 rings (SSSR count). The van der Waals surface area contributed by atoms with Crippen LogP contribution in [0.3, 0.4) is 0 Å². The summed E-state index contributed by atoms with van der Waals surface area (Å²) in [5, 5.41) is 5.54. The summed E-state index contributed by atoms with van der Waals surface area (Å²) in [6.07, 6.45) is 0. The second-order valence-electron chi connectivity index (χ2n) is 6.15. The third-order valence-corrected chi connectivity index (χ3v) is 4.34. The minimum atomic E-state index is -0.663. The number of hydrogen-bond acceptors (Lipinski definition) is 4. The Bertz CT molecular complexity index is 1080. The number of urea groups is 1. The molecule has 0 saturated heterocycles. The number of benzene rings is 2. The van der Waals surface area contributed by atoms with Crippen molar-refractivity contribution in [2.24, 2.45) is 5.73 Å². The summed E-state index contributed by atoms with van der Waals surface area (Å²) >= 11 is 6.22. The first-order chi connectivity index (χ1) is 13.4. The van der Waals surface area contributed by atoms with Crippen molar-refractivity contribution in [2.75, 3.05) is 18.5 Å². The Hall–Kier alpha value is -2.97. The van der Waals surface area contributed by atoms with Gasteiger partial charge in [0.05, 0.1) is 27.7 Å². The van der Waals surface area contributed by atoms with E-state index in [0.717, 1.165) is 0 Å². The largest absolute Gasteiger partial charge is 0.335 e. The fraction of sp³-hybridized carbons (Fsp3) is 0.211. The number of nitrogens with one attached hydrogen (secondary N) is 2. The number of hydrogen-bond donors (Lipinski definition) is 3. The van der Waals surface area contributed by atoms with Gasteiger partial charge < -0.3 is 16.4 Å². The Morgan fingerprint density at radius 2 is 2.07 bits per heavy atom. The SMILES string of the molecule is C[C@H](N)c1nc2cccc(Cl)c2c(=O)n1-c1cccc(NC(=O)NCCF)c1. The minimum Gasteiger partial charge on any atom is -0.335 e. The molecule has 7 nitrogen and oxygen atoms in total. The van der Waals surface area contributed by atoms with Crippen molar-refractivity contribution >= 4 is 34.2 Å². The predicted octanol–water partition coefficient (Wildman–Crippen LogP) is 3.15. The molecule has 0 radical (unpaired) electrons. The van der Waals surface area contributed by atoms with Crippen LogP contribution in [0.2, 0.25) is 5.02 Å². The van der Waals surface area contributed by atoms with Crippen molar-refractivity contribution < 1.29 is 9.18 Å². The number of carbonyl (C=O) groups excluding carboxylic acids is 1. The summed E-state index contributed by atoms with van der Waals surface area (Å²) in [5.41, 5.74) is 7.05. The fourth-order valence-corrected chi connectivity index (χ4v) is 3.07. The lowest BCUT2D eigenvalue weighted by atomic mass is 10.2. The fourth-order valence-electron chi connectivity index (χ4n) is 2.82. The average molecular weight is 404 g/mol. The van der Waals surface area contributed by atoms with Gasteiger partial charge in [0.25, 0.3) is 5.56 Å². The molecule has 4 N–H and O–H groups in total. The number of nitrogens with zero attached hydrogens (tertiary/aromatic N) is 2. The molecule has 0 aliphatic carbocycles. The minimum absolute atomic E-state index is 0.0904. The first kappa shape index (κ1) is 19.8. The molecule has 0 spiro atoms. The molecule has 28 heavy (non-hydrogen) atoms. The summed E-state index contributed by atoms with van der Waals surface area (Å²) in [7, 11) is 0. The van der Waals surface area contributed by atoms with Crippen molar-refractivity contribution in [3.8, 4) is 5.69 Å². The molecule has 1 atom stereocenters. The number of rotatable bonds is 5. The molecule has 3 aromatic rings. The van der Waals surface area contributed by atoms with Crippen molar-refractivity contribution in [2.45, 2.75) is 13.0 Å². The topological polar surface area (TPSA) is 102 Å². The van der Waals surface area contributed by atoms with Crippen molar-refractivity contribution in [3.63, 3.8) is 0 Å². The molecule has 0 aliphatic rings. The molecule has 0 unspecified atom stereocenters. The number of fused-ring (bicyclic) bond motifs is 1. The van der Waals surface area contributed by atoms with Crippen LogP contribution in [0.25, 0.3) is 16.6 Å². The number of alkyl halides is 1. The van der Waals surface area contributed by atoms with Crippen LogP contribution in [-0.4, -0.2) is 28.8 Å². The smallest absolute Gasteiger partial charge is 0.319 e. The van der Waals surface area contributed by atoms with Crippen LogP contribution in [0.4, 0.5) is 14.9 Å². The molecule has 1 heterocycles. The first-order valence-corrected chi connectivity index (χ1v) is 8.98. The number of anilines is 1. The van der Waals surface area contributed by atoms with Gasteiger partial charge in [0, 0.05) is 12.2 Å². The molecule has 146 valence electrons. The first-order valence-electron chi connectivity index (χ1n) is 8.60. The molecule has 9 heteroatoms. The number of halogens is 2. The Morgan fingerprint density at radius 3 is 2.79 bits per heavy atom. The van der Waals surface area contributed by atoms with E-state index in [1.807, 2.05) is 0 Å². The molecule has 1 aromatic heterocycles. The van der Waals surface area contributed by atoms with E-state index in [2.05, 4.69) is 15.6 Å². The lowest BCUT2D eigenvalue weighted by Gasteiger charge is -2.17. The number of amides is 2. The second-order valence-corrected chi connectivity index (χ2v) is 6.56. The maximum atomic E-state index is 13.2. The van der Waals surface area contributed by atoms with Gasteiger partial charge in [-0.05, 0) is 37.3 Å². The van der Waals surface area contributed by atoms with E-state index < -0.39 is 18.7 Å². The maximum Gasteiger partial charge on any atom is 0.319 e. The van der Waals surface area contributed by atoms with Crippen LogP contribution >= 0.6 is 11.6 Å². The molecule has 2 amide bonds. The zero-order valence-electron chi connectivity index (χ0n) is 15.1. The van der Waals surface area contributed by atoms with Crippen LogP contribution in [0.1, 0.15) is 18.8 Å². The molecule has 0 aliphatic heterocycles. The van der Waals surface area contributed by atoms with Crippen LogP contribution in [0, 0.1) is 0 Å². The average Bonchev–Trinajstić information content (AvgIpc) is 2.66. The number of nitrogens with two attached hydrogens (primary N) is 1. The highest BCUT2D eigenvalue weighted by molar-refractivity contribution is 6.35. The maximum absolute atomic E-state index is 13.2. The molecule has 0 saturated carbocycles. The summed E-state index contributed by atoms with van der Waals surface area (Å²) < 4.78 is 13.6. The molecule has 0 bridgehead atoms. The third-order valence-electron chi connectivity index (χ3n) is 4.02. The highest BCUT2D eigenvalue weighted by Gasteiger charge is 2.17. The number of aromatic nitrogens is 2. The van der Waals surface area contributed by atoms with Crippen molar-refractivity contribution in [1.82, 2.24) is 14.9 Å². The lowest BCUT2D eigenvalue weighted by Crippen LogP contribution is -2.30. The molecular weight excluding hydrogens is 385 g/mol. The van der Waals surface area contributed by atoms with E-state index >= 15 is 0 Å². The highest BCUT2D eigenvalue weighted by atomic mass is 35.5. The standard InChI is InChI=1S/C19H19ClFN5O2/c1-11(22)17-25-15-7-3-6-14(20)16(15)18(27)26(17)13-5-2-4-12(10-13)24-19(28)23-9-8-21/h2-7,10-11H,8-9,22H2,1H3,(H2,23,24,28)/t11-/m0/s1. The summed E-state index contributed by atoms with van der Waals surface area (Å²) in [6.45, 7) is 0.970. The quantitative estimate of drug-likeness (QED) is 0.609. The van der Waals surface area contributed by atoms with Crippen molar-refractivity contribution in [1.29, 1.82) is 0 Å². The predicted molar refractivity (Wildman–Crippen MR) is 108 cm³/mol. The van der Waals surface area contributed by atoms with Gasteiger partial charge in [0.15, 0.2) is 0 Å². The van der Waals surface area contributed by atoms with E-state index in [0.29, 0.717) is 27.7 Å². The van der Waals surface area contributed by atoms with E-state index in [4.69, 9.17) is 17.3 Å². The van der Waals surface area contributed by atoms with Crippen LogP contribution < -0.4 is 21.9 Å². The molecule has 0 fully saturated rings. The van der Waals surface area contributed by atoms with Gasteiger partial charge in [-0.1, -0.05) is 23.7 Å².